The predicted molar refractivity (Wildman–Crippen MR) is 92.5 cm³/mol. The van der Waals surface area contributed by atoms with Crippen LogP contribution in [-0.4, -0.2) is 34.3 Å². The Hall–Kier alpha value is -2.95. The molecule has 6 rings (SSSR count). The fraction of sp³-hybridized carbons (Fsp3) is 0.286. The van der Waals surface area contributed by atoms with Crippen molar-refractivity contribution in [1.29, 1.82) is 0 Å². The van der Waals surface area contributed by atoms with Crippen molar-refractivity contribution in [2.75, 3.05) is 6.54 Å². The van der Waals surface area contributed by atoms with E-state index in [1.807, 2.05) is 24.3 Å². The van der Waals surface area contributed by atoms with E-state index in [4.69, 9.17) is 0 Å². The highest BCUT2D eigenvalue weighted by Gasteiger charge is 2.70. The summed E-state index contributed by atoms with van der Waals surface area (Å²) in [6.07, 6.45) is 0. The number of likely N-dealkylation sites (tertiary alicyclic amines) is 1. The van der Waals surface area contributed by atoms with Gasteiger partial charge in [0.15, 0.2) is 0 Å². The molecule has 1 fully saturated rings. The van der Waals surface area contributed by atoms with E-state index < -0.39 is 23.2 Å². The monoisotopic (exact) mass is 347 g/mol. The third-order valence-electron chi connectivity index (χ3n) is 6.36. The van der Waals surface area contributed by atoms with Gasteiger partial charge in [0.2, 0.25) is 11.8 Å². The number of hydrogen-bond donors (Lipinski definition) is 1. The highest BCUT2D eigenvalue weighted by molar-refractivity contribution is 6.12. The molecule has 4 aliphatic rings. The topological polar surface area (TPSA) is 74.7 Å². The number of amides is 2. The third-order valence-corrected chi connectivity index (χ3v) is 6.36. The zero-order chi connectivity index (χ0) is 18.2. The molecule has 2 aromatic rings. The van der Waals surface area contributed by atoms with Crippen LogP contribution in [0, 0.1) is 11.8 Å². The van der Waals surface area contributed by atoms with Crippen molar-refractivity contribution in [1.82, 2.24) is 4.90 Å². The Morgan fingerprint density at radius 2 is 1.54 bits per heavy atom. The first-order valence-electron chi connectivity index (χ1n) is 8.82. The summed E-state index contributed by atoms with van der Waals surface area (Å²) in [5.74, 6) is -3.49. The molecule has 2 atom stereocenters. The summed E-state index contributed by atoms with van der Waals surface area (Å²) in [6, 6.07) is 14.7. The number of carboxylic acids is 1. The standard InChI is InChI=1S/C21H17NO4/c1-2-22-18(23)16-15-11-7-3-5-9-13(11)21(20(25)26,17(16)19(22)24)14-10-6-4-8-12(14)15/h3-10,15-17H,2H2,1H3,(H,25,26)/t15?,16-,17?,21?/m1/s1. The lowest BCUT2D eigenvalue weighted by Crippen LogP contribution is -2.57. The maximum Gasteiger partial charge on any atom is 0.319 e. The number of aliphatic carboxylic acids is 1. The van der Waals surface area contributed by atoms with Gasteiger partial charge in [0.25, 0.3) is 0 Å². The molecule has 2 aromatic carbocycles. The summed E-state index contributed by atoms with van der Waals surface area (Å²) < 4.78 is 0. The maximum absolute atomic E-state index is 13.1. The molecule has 2 bridgehead atoms. The van der Waals surface area contributed by atoms with Crippen LogP contribution in [0.2, 0.25) is 0 Å². The number of carboxylic acid groups (broad SMARTS) is 1. The first-order valence-corrected chi connectivity index (χ1v) is 8.82. The van der Waals surface area contributed by atoms with Gasteiger partial charge in [0.1, 0.15) is 5.41 Å². The number of nitrogens with zero attached hydrogens (tertiary/aromatic N) is 1. The van der Waals surface area contributed by atoms with Crippen LogP contribution < -0.4 is 0 Å². The maximum atomic E-state index is 13.1. The lowest BCUT2D eigenvalue weighted by molar-refractivity contribution is -0.150. The molecular weight excluding hydrogens is 330 g/mol. The van der Waals surface area contributed by atoms with Crippen LogP contribution in [0.25, 0.3) is 0 Å². The summed E-state index contributed by atoms with van der Waals surface area (Å²) in [5, 5.41) is 10.4. The fourth-order valence-corrected chi connectivity index (χ4v) is 5.51. The molecule has 26 heavy (non-hydrogen) atoms. The molecule has 3 aliphatic carbocycles. The van der Waals surface area contributed by atoms with Crippen LogP contribution in [0.5, 0.6) is 0 Å². The second-order valence-electron chi connectivity index (χ2n) is 7.19. The minimum atomic E-state index is -1.51. The van der Waals surface area contributed by atoms with Crippen LogP contribution in [-0.2, 0) is 19.8 Å². The van der Waals surface area contributed by atoms with Crippen molar-refractivity contribution < 1.29 is 19.5 Å². The van der Waals surface area contributed by atoms with E-state index in [2.05, 4.69) is 0 Å². The van der Waals surface area contributed by atoms with Crippen molar-refractivity contribution >= 4 is 17.8 Å². The Balaban J connectivity index is 1.95. The first-order chi connectivity index (χ1) is 12.5. The van der Waals surface area contributed by atoms with Crippen molar-refractivity contribution in [2.45, 2.75) is 18.3 Å². The van der Waals surface area contributed by atoms with Crippen LogP contribution >= 0.6 is 0 Å². The van der Waals surface area contributed by atoms with Gasteiger partial charge in [-0.25, -0.2) is 0 Å². The van der Waals surface area contributed by atoms with Crippen LogP contribution in [0.3, 0.4) is 0 Å². The van der Waals surface area contributed by atoms with Crippen LogP contribution in [0.15, 0.2) is 48.5 Å². The minimum Gasteiger partial charge on any atom is -0.480 e. The number of carbonyl (C=O) groups is 3. The Kier molecular flexibility index (Phi) is 2.84. The predicted octanol–water partition coefficient (Wildman–Crippen LogP) is 2.14. The molecule has 2 amide bonds. The molecule has 1 aliphatic heterocycles. The van der Waals surface area contributed by atoms with Gasteiger partial charge < -0.3 is 5.11 Å². The second-order valence-corrected chi connectivity index (χ2v) is 7.19. The van der Waals surface area contributed by atoms with E-state index in [1.165, 1.54) is 4.90 Å². The third kappa shape index (κ3) is 1.43. The molecule has 0 spiro atoms. The summed E-state index contributed by atoms with van der Waals surface area (Å²) >= 11 is 0. The number of benzene rings is 2. The number of hydrogen-bond acceptors (Lipinski definition) is 3. The average Bonchev–Trinajstić information content (AvgIpc) is 2.92. The quantitative estimate of drug-likeness (QED) is 0.845. The van der Waals surface area contributed by atoms with Gasteiger partial charge in [-0.1, -0.05) is 48.5 Å². The van der Waals surface area contributed by atoms with E-state index in [0.29, 0.717) is 11.1 Å². The van der Waals surface area contributed by atoms with Gasteiger partial charge in [-0.3, -0.25) is 19.3 Å². The van der Waals surface area contributed by atoms with E-state index in [1.54, 1.807) is 31.2 Å². The molecule has 5 nitrogen and oxygen atoms in total. The molecule has 0 saturated carbocycles. The molecule has 130 valence electrons. The van der Waals surface area contributed by atoms with E-state index in [-0.39, 0.29) is 24.3 Å². The second kappa shape index (κ2) is 4.81. The van der Waals surface area contributed by atoms with Crippen molar-refractivity contribution in [3.63, 3.8) is 0 Å². The molecule has 1 saturated heterocycles. The average molecular weight is 347 g/mol. The SMILES string of the molecule is CCN1C(=O)C2[C@H](C1=O)C1c3ccccc3C2(C(=O)O)c2ccccc21. The Labute approximate surface area is 150 Å². The molecule has 1 N–H and O–H groups in total. The molecule has 0 radical (unpaired) electrons. The Morgan fingerprint density at radius 1 is 1.00 bits per heavy atom. The molecule has 1 heterocycles. The number of rotatable bonds is 2. The van der Waals surface area contributed by atoms with E-state index in [0.717, 1.165) is 11.1 Å². The van der Waals surface area contributed by atoms with Gasteiger partial charge in [-0.15, -0.1) is 0 Å². The van der Waals surface area contributed by atoms with Crippen molar-refractivity contribution in [3.8, 4) is 0 Å². The van der Waals surface area contributed by atoms with Crippen LogP contribution in [0.4, 0.5) is 0 Å². The summed E-state index contributed by atoms with van der Waals surface area (Å²) in [7, 11) is 0. The van der Waals surface area contributed by atoms with Crippen LogP contribution in [0.1, 0.15) is 35.1 Å². The Bertz CT molecular complexity index is 948. The van der Waals surface area contributed by atoms with E-state index in [9.17, 15) is 19.5 Å². The fourth-order valence-electron chi connectivity index (χ4n) is 5.51. The van der Waals surface area contributed by atoms with Gasteiger partial charge in [-0.05, 0) is 29.2 Å². The molecule has 5 heteroatoms. The lowest BCUT2D eigenvalue weighted by Gasteiger charge is -2.51. The zero-order valence-electron chi connectivity index (χ0n) is 14.2. The minimum absolute atomic E-state index is 0.248. The zero-order valence-corrected chi connectivity index (χ0v) is 14.2. The molecule has 0 aromatic heterocycles. The molecular formula is C21H17NO4. The van der Waals surface area contributed by atoms with E-state index >= 15 is 0 Å². The number of carbonyl (C=O) groups excluding carboxylic acids is 2. The van der Waals surface area contributed by atoms with Gasteiger partial charge in [0, 0.05) is 12.5 Å². The largest absolute Gasteiger partial charge is 0.480 e. The smallest absolute Gasteiger partial charge is 0.319 e. The van der Waals surface area contributed by atoms with Gasteiger partial charge >= 0.3 is 5.97 Å². The number of imide groups is 1. The summed E-state index contributed by atoms with van der Waals surface area (Å²) in [6.45, 7) is 2.02. The Morgan fingerprint density at radius 3 is 2.04 bits per heavy atom. The lowest BCUT2D eigenvalue weighted by atomic mass is 9.47. The normalized spacial score (nSPS) is 30.8. The first kappa shape index (κ1) is 15.3. The summed E-state index contributed by atoms with van der Waals surface area (Å²) in [5.41, 5.74) is 1.50. The van der Waals surface area contributed by atoms with Crippen molar-refractivity contribution in [2.24, 2.45) is 11.8 Å². The summed E-state index contributed by atoms with van der Waals surface area (Å²) in [4.78, 5) is 40.2. The van der Waals surface area contributed by atoms with Gasteiger partial charge in [0.05, 0.1) is 11.8 Å². The van der Waals surface area contributed by atoms with Crippen molar-refractivity contribution in [3.05, 3.63) is 70.8 Å². The van der Waals surface area contributed by atoms with Gasteiger partial charge in [-0.2, -0.15) is 0 Å². The highest BCUT2D eigenvalue weighted by atomic mass is 16.4. The highest BCUT2D eigenvalue weighted by Crippen LogP contribution is 2.64. The molecule has 1 unspecified atom stereocenters.